The molecule has 1 heterocycles. The van der Waals surface area contributed by atoms with Crippen LogP contribution < -0.4 is 5.73 Å². The van der Waals surface area contributed by atoms with Gasteiger partial charge in [0.1, 0.15) is 0 Å². The van der Waals surface area contributed by atoms with Crippen LogP contribution in [0.5, 0.6) is 0 Å². The van der Waals surface area contributed by atoms with Crippen molar-refractivity contribution in [3.8, 4) is 0 Å². The third-order valence-corrected chi connectivity index (χ3v) is 5.14. The molecule has 1 aliphatic heterocycles. The fourth-order valence-electron chi connectivity index (χ4n) is 2.19. The highest BCUT2D eigenvalue weighted by molar-refractivity contribution is 7.89. The molecule has 0 aliphatic carbocycles. The number of rotatable bonds is 5. The van der Waals surface area contributed by atoms with E-state index in [2.05, 4.69) is 6.92 Å². The van der Waals surface area contributed by atoms with E-state index in [1.165, 1.54) is 0 Å². The van der Waals surface area contributed by atoms with Gasteiger partial charge in [0, 0.05) is 13.1 Å². The summed E-state index contributed by atoms with van der Waals surface area (Å²) in [5.74, 6) is 1.16. The summed E-state index contributed by atoms with van der Waals surface area (Å²) in [6.07, 6.45) is 1.62. The molecule has 0 aromatic carbocycles. The molecule has 1 fully saturated rings. The van der Waals surface area contributed by atoms with Crippen molar-refractivity contribution < 1.29 is 8.42 Å². The first-order valence-electron chi connectivity index (χ1n) is 5.69. The van der Waals surface area contributed by atoms with Gasteiger partial charge in [0.25, 0.3) is 0 Å². The molecule has 1 saturated heterocycles. The second kappa shape index (κ2) is 6.79. The van der Waals surface area contributed by atoms with Crippen molar-refractivity contribution >= 4 is 22.4 Å². The Morgan fingerprint density at radius 2 is 2.00 bits per heavy atom. The number of hydrogen-bond donors (Lipinski definition) is 1. The molecular weight excluding hydrogens is 248 g/mol. The summed E-state index contributed by atoms with van der Waals surface area (Å²) in [6, 6.07) is 0. The van der Waals surface area contributed by atoms with Crippen molar-refractivity contribution in [2.45, 2.75) is 26.7 Å². The average Bonchev–Trinajstić information content (AvgIpc) is 2.49. The molecule has 0 spiro atoms. The van der Waals surface area contributed by atoms with Crippen LogP contribution in [0.25, 0.3) is 0 Å². The van der Waals surface area contributed by atoms with E-state index in [0.29, 0.717) is 37.9 Å². The Kier molecular flexibility index (Phi) is 6.86. The molecule has 2 atom stereocenters. The fourth-order valence-corrected chi connectivity index (χ4v) is 3.85. The second-order valence-corrected chi connectivity index (χ2v) is 6.54. The van der Waals surface area contributed by atoms with Crippen molar-refractivity contribution in [1.82, 2.24) is 4.31 Å². The normalized spacial score (nSPS) is 26.7. The van der Waals surface area contributed by atoms with Gasteiger partial charge in [-0.15, -0.1) is 12.4 Å². The van der Waals surface area contributed by atoms with Crippen LogP contribution in [-0.2, 0) is 10.0 Å². The van der Waals surface area contributed by atoms with Crippen LogP contribution in [0.4, 0.5) is 0 Å². The van der Waals surface area contributed by atoms with Crippen LogP contribution in [0.15, 0.2) is 0 Å². The summed E-state index contributed by atoms with van der Waals surface area (Å²) in [5.41, 5.74) is 5.52. The minimum Gasteiger partial charge on any atom is -0.330 e. The highest BCUT2D eigenvalue weighted by Gasteiger charge is 2.35. The van der Waals surface area contributed by atoms with Gasteiger partial charge in [-0.05, 0) is 31.2 Å². The molecule has 0 aromatic heterocycles. The first kappa shape index (κ1) is 16.2. The molecule has 1 rings (SSSR count). The molecule has 1 aliphatic rings. The summed E-state index contributed by atoms with van der Waals surface area (Å²) in [7, 11) is -3.00. The Hall–Kier alpha value is 0.160. The van der Waals surface area contributed by atoms with Gasteiger partial charge in [-0.1, -0.05) is 13.8 Å². The number of nitrogens with two attached hydrogens (primary N) is 1. The van der Waals surface area contributed by atoms with Gasteiger partial charge in [0.15, 0.2) is 0 Å². The van der Waals surface area contributed by atoms with E-state index < -0.39 is 10.0 Å². The molecule has 98 valence electrons. The molecule has 0 radical (unpaired) electrons. The fraction of sp³-hybridized carbons (Fsp3) is 1.00. The van der Waals surface area contributed by atoms with E-state index >= 15 is 0 Å². The van der Waals surface area contributed by atoms with E-state index in [1.54, 1.807) is 4.31 Å². The number of sulfonamides is 1. The van der Waals surface area contributed by atoms with Crippen LogP contribution in [-0.4, -0.2) is 38.1 Å². The smallest absolute Gasteiger partial charge is 0.214 e. The summed E-state index contributed by atoms with van der Waals surface area (Å²) in [5, 5.41) is 0. The Morgan fingerprint density at radius 1 is 1.38 bits per heavy atom. The first-order valence-corrected chi connectivity index (χ1v) is 7.30. The largest absolute Gasteiger partial charge is 0.330 e. The van der Waals surface area contributed by atoms with Gasteiger partial charge < -0.3 is 5.73 Å². The van der Waals surface area contributed by atoms with Crippen molar-refractivity contribution in [2.24, 2.45) is 17.6 Å². The van der Waals surface area contributed by atoms with E-state index in [0.717, 1.165) is 6.42 Å². The maximum atomic E-state index is 11.8. The molecule has 0 unspecified atom stereocenters. The highest BCUT2D eigenvalue weighted by atomic mass is 35.5. The molecule has 0 saturated carbocycles. The first-order chi connectivity index (χ1) is 7.01. The van der Waals surface area contributed by atoms with E-state index in [4.69, 9.17) is 5.73 Å². The maximum Gasteiger partial charge on any atom is 0.214 e. The second-order valence-electron chi connectivity index (χ2n) is 4.45. The molecule has 0 aromatic rings. The topological polar surface area (TPSA) is 63.4 Å². The number of hydrogen-bond acceptors (Lipinski definition) is 3. The molecule has 2 N–H and O–H groups in total. The van der Waals surface area contributed by atoms with Crippen LogP contribution in [0.2, 0.25) is 0 Å². The Labute approximate surface area is 105 Å². The predicted octanol–water partition coefficient (Wildman–Crippen LogP) is 1.06. The standard InChI is InChI=1S/C10H22N2O2S.ClH/c1-3-6-15(13,14)12-7-9(2)10(8-12)4-5-11;/h9-10H,3-8,11H2,1-2H3;1H/t9-,10-;/m1./s1. The van der Waals surface area contributed by atoms with Gasteiger partial charge in [-0.3, -0.25) is 0 Å². The molecule has 0 amide bonds. The van der Waals surface area contributed by atoms with Gasteiger partial charge in [0.2, 0.25) is 10.0 Å². The molecular formula is C10H23ClN2O2S. The van der Waals surface area contributed by atoms with E-state index in [1.807, 2.05) is 6.92 Å². The van der Waals surface area contributed by atoms with Gasteiger partial charge in [0.05, 0.1) is 5.75 Å². The minimum absolute atomic E-state index is 0. The zero-order valence-electron chi connectivity index (χ0n) is 10.1. The monoisotopic (exact) mass is 270 g/mol. The Balaban J connectivity index is 0.00000225. The summed E-state index contributed by atoms with van der Waals surface area (Å²) < 4.78 is 25.3. The van der Waals surface area contributed by atoms with Crippen LogP contribution in [0, 0.1) is 11.8 Å². The predicted molar refractivity (Wildman–Crippen MR) is 69.2 cm³/mol. The van der Waals surface area contributed by atoms with E-state index in [9.17, 15) is 8.42 Å². The van der Waals surface area contributed by atoms with Gasteiger partial charge in [-0.25, -0.2) is 12.7 Å². The lowest BCUT2D eigenvalue weighted by molar-refractivity contribution is 0.424. The van der Waals surface area contributed by atoms with Gasteiger partial charge >= 0.3 is 0 Å². The summed E-state index contributed by atoms with van der Waals surface area (Å²) >= 11 is 0. The SMILES string of the molecule is CCCS(=O)(=O)N1C[C@@H](CCN)[C@H](C)C1.Cl. The van der Waals surface area contributed by atoms with Crippen LogP contribution >= 0.6 is 12.4 Å². The molecule has 0 bridgehead atoms. The minimum atomic E-state index is -3.00. The zero-order valence-corrected chi connectivity index (χ0v) is 11.7. The van der Waals surface area contributed by atoms with Crippen LogP contribution in [0.3, 0.4) is 0 Å². The van der Waals surface area contributed by atoms with Crippen molar-refractivity contribution in [1.29, 1.82) is 0 Å². The third-order valence-electron chi connectivity index (χ3n) is 3.13. The third kappa shape index (κ3) is 3.87. The summed E-state index contributed by atoms with van der Waals surface area (Å²) in [4.78, 5) is 0. The van der Waals surface area contributed by atoms with Crippen molar-refractivity contribution in [2.75, 3.05) is 25.4 Å². The average molecular weight is 271 g/mol. The zero-order chi connectivity index (χ0) is 11.5. The number of nitrogens with zero attached hydrogens (tertiary/aromatic N) is 1. The Bertz CT molecular complexity index is 295. The van der Waals surface area contributed by atoms with Crippen LogP contribution in [0.1, 0.15) is 26.7 Å². The lowest BCUT2D eigenvalue weighted by Gasteiger charge is -2.15. The number of halogens is 1. The molecule has 16 heavy (non-hydrogen) atoms. The quantitative estimate of drug-likeness (QED) is 0.813. The highest BCUT2D eigenvalue weighted by Crippen LogP contribution is 2.27. The lowest BCUT2D eigenvalue weighted by Crippen LogP contribution is -2.31. The van der Waals surface area contributed by atoms with E-state index in [-0.39, 0.29) is 18.2 Å². The maximum absolute atomic E-state index is 11.8. The van der Waals surface area contributed by atoms with Crippen molar-refractivity contribution in [3.05, 3.63) is 0 Å². The lowest BCUT2D eigenvalue weighted by atomic mass is 9.95. The summed E-state index contributed by atoms with van der Waals surface area (Å²) in [6.45, 7) is 6.00. The van der Waals surface area contributed by atoms with Crippen molar-refractivity contribution in [3.63, 3.8) is 0 Å². The molecule has 6 heteroatoms. The van der Waals surface area contributed by atoms with Gasteiger partial charge in [-0.2, -0.15) is 0 Å². The molecule has 4 nitrogen and oxygen atoms in total. The Morgan fingerprint density at radius 3 is 2.50 bits per heavy atom.